The van der Waals surface area contributed by atoms with Gasteiger partial charge in [0.15, 0.2) is 0 Å². The smallest absolute Gasteiger partial charge is 0.0957 e. The highest BCUT2D eigenvalue weighted by Gasteiger charge is 2.24. The molecule has 3 atom stereocenters. The Morgan fingerprint density at radius 3 is 2.83 bits per heavy atom. The highest BCUT2D eigenvalue weighted by molar-refractivity contribution is 5.45. The van der Waals surface area contributed by atoms with Gasteiger partial charge >= 0.3 is 0 Å². The van der Waals surface area contributed by atoms with E-state index >= 15 is 0 Å². The molecule has 1 aliphatic heterocycles. The number of aliphatic hydroxyl groups excluding tert-OH is 2. The molecule has 0 aliphatic carbocycles. The van der Waals surface area contributed by atoms with E-state index in [0.29, 0.717) is 12.3 Å². The molecule has 0 radical (unpaired) electrons. The lowest BCUT2D eigenvalue weighted by atomic mass is 9.96. The van der Waals surface area contributed by atoms with Gasteiger partial charge in [-0.05, 0) is 30.9 Å². The van der Waals surface area contributed by atoms with Crippen LogP contribution in [0.15, 0.2) is 18.3 Å². The van der Waals surface area contributed by atoms with E-state index < -0.39 is 6.10 Å². The molecule has 2 unspecified atom stereocenters. The van der Waals surface area contributed by atoms with Crippen molar-refractivity contribution in [3.05, 3.63) is 24.0 Å². The monoisotopic (exact) mass is 250 g/mol. The van der Waals surface area contributed by atoms with Gasteiger partial charge in [-0.15, -0.1) is 0 Å². The molecule has 0 aromatic carbocycles. The Morgan fingerprint density at radius 2 is 2.28 bits per heavy atom. The van der Waals surface area contributed by atoms with Gasteiger partial charge in [0.2, 0.25) is 0 Å². The summed E-state index contributed by atoms with van der Waals surface area (Å²) in [7, 11) is 0. The number of hydrogen-bond donors (Lipinski definition) is 2. The van der Waals surface area contributed by atoms with Gasteiger partial charge in [-0.3, -0.25) is 4.98 Å². The lowest BCUT2D eigenvalue weighted by molar-refractivity contribution is 0.0971. The Balaban J connectivity index is 2.06. The maximum absolute atomic E-state index is 9.72. The third-order valence-corrected chi connectivity index (χ3v) is 3.72. The van der Waals surface area contributed by atoms with Crippen molar-refractivity contribution >= 4 is 5.69 Å². The Bertz CT molecular complexity index is 380. The summed E-state index contributed by atoms with van der Waals surface area (Å²) in [6.07, 6.45) is 2.65. The first-order valence-corrected chi connectivity index (χ1v) is 6.68. The average Bonchev–Trinajstić information content (AvgIpc) is 2.41. The van der Waals surface area contributed by atoms with Crippen molar-refractivity contribution in [3.63, 3.8) is 0 Å². The molecule has 0 amide bonds. The lowest BCUT2D eigenvalue weighted by Gasteiger charge is -2.35. The minimum Gasteiger partial charge on any atom is -0.393 e. The van der Waals surface area contributed by atoms with E-state index in [-0.39, 0.29) is 6.10 Å². The van der Waals surface area contributed by atoms with Crippen molar-refractivity contribution in [1.82, 2.24) is 4.98 Å². The van der Waals surface area contributed by atoms with Crippen molar-refractivity contribution in [2.75, 3.05) is 18.0 Å². The number of piperidine rings is 1. The largest absolute Gasteiger partial charge is 0.393 e. The molecule has 1 aromatic rings. The molecule has 0 spiro atoms. The van der Waals surface area contributed by atoms with Crippen molar-refractivity contribution in [3.8, 4) is 0 Å². The molecule has 4 heteroatoms. The minimum absolute atomic E-state index is 0.185. The molecule has 4 nitrogen and oxygen atoms in total. The fraction of sp³-hybridized carbons (Fsp3) is 0.643. The number of hydrogen-bond acceptors (Lipinski definition) is 4. The predicted molar refractivity (Wildman–Crippen MR) is 71.5 cm³/mol. The molecule has 100 valence electrons. The fourth-order valence-corrected chi connectivity index (χ4v) is 2.36. The number of anilines is 1. The highest BCUT2D eigenvalue weighted by Crippen LogP contribution is 2.24. The number of aliphatic hydroxyl groups is 2. The van der Waals surface area contributed by atoms with Crippen LogP contribution in [0.2, 0.25) is 0 Å². The molecule has 1 fully saturated rings. The molecule has 1 aromatic heterocycles. The van der Waals surface area contributed by atoms with Crippen LogP contribution in [0.3, 0.4) is 0 Å². The van der Waals surface area contributed by atoms with E-state index in [2.05, 4.69) is 16.8 Å². The van der Waals surface area contributed by atoms with E-state index in [9.17, 15) is 10.2 Å². The summed E-state index contributed by atoms with van der Waals surface area (Å²) in [6.45, 7) is 5.73. The van der Waals surface area contributed by atoms with Gasteiger partial charge in [-0.25, -0.2) is 0 Å². The number of rotatable bonds is 3. The van der Waals surface area contributed by atoms with Crippen molar-refractivity contribution in [1.29, 1.82) is 0 Å². The number of pyridine rings is 1. The molecule has 0 bridgehead atoms. The van der Waals surface area contributed by atoms with Gasteiger partial charge in [-0.2, -0.15) is 0 Å². The van der Waals surface area contributed by atoms with Crippen LogP contribution in [-0.4, -0.2) is 34.4 Å². The van der Waals surface area contributed by atoms with Crippen LogP contribution < -0.4 is 4.90 Å². The zero-order valence-electron chi connectivity index (χ0n) is 11.1. The van der Waals surface area contributed by atoms with Crippen LogP contribution in [0.5, 0.6) is 0 Å². The van der Waals surface area contributed by atoms with Gasteiger partial charge in [0.1, 0.15) is 0 Å². The Kier molecular flexibility index (Phi) is 4.19. The molecule has 1 aliphatic rings. The second kappa shape index (κ2) is 5.67. The molecule has 2 rings (SSSR count). The van der Waals surface area contributed by atoms with E-state index in [1.807, 2.05) is 25.3 Å². The van der Waals surface area contributed by atoms with Gasteiger partial charge in [-0.1, -0.05) is 13.8 Å². The average molecular weight is 250 g/mol. The summed E-state index contributed by atoms with van der Waals surface area (Å²) in [4.78, 5) is 6.56. The summed E-state index contributed by atoms with van der Waals surface area (Å²) in [6, 6.07) is 3.89. The molecular formula is C14H22N2O2. The quantitative estimate of drug-likeness (QED) is 0.858. The highest BCUT2D eigenvalue weighted by atomic mass is 16.3. The summed E-state index contributed by atoms with van der Waals surface area (Å²) in [5.41, 5.74) is 1.80. The molecule has 2 heterocycles. The molecule has 2 N–H and O–H groups in total. The molecular weight excluding hydrogens is 228 g/mol. The van der Waals surface area contributed by atoms with Crippen LogP contribution in [0.1, 0.15) is 38.5 Å². The lowest BCUT2D eigenvalue weighted by Crippen LogP contribution is -2.42. The van der Waals surface area contributed by atoms with E-state index in [1.54, 1.807) is 0 Å². The van der Waals surface area contributed by atoms with Gasteiger partial charge < -0.3 is 15.1 Å². The third kappa shape index (κ3) is 2.82. The SMILES string of the molecule is CC[C@@H](O)c1ccc(N2CCC(O)C(C)C2)cn1. The number of nitrogens with zero attached hydrogens (tertiary/aromatic N) is 2. The van der Waals surface area contributed by atoms with Gasteiger partial charge in [0, 0.05) is 13.1 Å². The zero-order chi connectivity index (χ0) is 13.1. The normalized spacial score (nSPS) is 26.1. The second-order valence-corrected chi connectivity index (χ2v) is 5.14. The zero-order valence-corrected chi connectivity index (χ0v) is 11.1. The minimum atomic E-state index is -0.471. The van der Waals surface area contributed by atoms with E-state index in [4.69, 9.17) is 0 Å². The Hall–Kier alpha value is -1.13. The summed E-state index contributed by atoms with van der Waals surface area (Å²) >= 11 is 0. The van der Waals surface area contributed by atoms with Gasteiger partial charge in [0.05, 0.1) is 29.8 Å². The van der Waals surface area contributed by atoms with Crippen LogP contribution in [0.25, 0.3) is 0 Å². The van der Waals surface area contributed by atoms with E-state index in [1.165, 1.54) is 0 Å². The van der Waals surface area contributed by atoms with Crippen molar-refractivity contribution < 1.29 is 10.2 Å². The van der Waals surface area contributed by atoms with Crippen LogP contribution in [0, 0.1) is 5.92 Å². The van der Waals surface area contributed by atoms with Crippen molar-refractivity contribution in [2.45, 2.75) is 38.9 Å². The van der Waals surface area contributed by atoms with Crippen LogP contribution >= 0.6 is 0 Å². The predicted octanol–water partition coefficient (Wildman–Crippen LogP) is 1.73. The third-order valence-electron chi connectivity index (χ3n) is 3.72. The fourth-order valence-electron chi connectivity index (χ4n) is 2.36. The maximum Gasteiger partial charge on any atom is 0.0957 e. The van der Waals surface area contributed by atoms with E-state index in [0.717, 1.165) is 30.9 Å². The topological polar surface area (TPSA) is 56.6 Å². The summed E-state index contributed by atoms with van der Waals surface area (Å²) in [5.74, 6) is 0.291. The first-order chi connectivity index (χ1) is 8.61. The van der Waals surface area contributed by atoms with Crippen LogP contribution in [-0.2, 0) is 0 Å². The maximum atomic E-state index is 9.72. The Labute approximate surface area is 108 Å². The number of aromatic nitrogens is 1. The Morgan fingerprint density at radius 1 is 1.50 bits per heavy atom. The molecule has 0 saturated carbocycles. The second-order valence-electron chi connectivity index (χ2n) is 5.14. The van der Waals surface area contributed by atoms with Crippen LogP contribution in [0.4, 0.5) is 5.69 Å². The standard InChI is InChI=1S/C14H22N2O2/c1-3-13(17)12-5-4-11(8-15-12)16-7-6-14(18)10(2)9-16/h4-5,8,10,13-14,17-18H,3,6-7,9H2,1-2H3/t10?,13-,14?/m1/s1. The first kappa shape index (κ1) is 13.3. The van der Waals surface area contributed by atoms with Gasteiger partial charge in [0.25, 0.3) is 0 Å². The summed E-state index contributed by atoms with van der Waals surface area (Å²) < 4.78 is 0. The molecule has 1 saturated heterocycles. The first-order valence-electron chi connectivity index (χ1n) is 6.68. The molecule has 18 heavy (non-hydrogen) atoms. The van der Waals surface area contributed by atoms with Crippen molar-refractivity contribution in [2.24, 2.45) is 5.92 Å². The summed E-state index contributed by atoms with van der Waals surface area (Å²) in [5, 5.41) is 19.4.